The third-order valence-corrected chi connectivity index (χ3v) is 5.09. The Labute approximate surface area is 118 Å². The lowest BCUT2D eigenvalue weighted by atomic mass is 9.95. The van der Waals surface area contributed by atoms with E-state index in [1.807, 2.05) is 0 Å². The molecule has 0 aliphatic heterocycles. The first-order valence-electron chi connectivity index (χ1n) is 6.19. The van der Waals surface area contributed by atoms with E-state index in [1.165, 1.54) is 12.1 Å². The van der Waals surface area contributed by atoms with Gasteiger partial charge >= 0.3 is 0 Å². The van der Waals surface area contributed by atoms with Gasteiger partial charge in [0.15, 0.2) is 0 Å². The Morgan fingerprint density at radius 1 is 1.37 bits per heavy atom. The molecule has 2 rings (SSSR count). The highest BCUT2D eigenvalue weighted by Crippen LogP contribution is 2.24. The molecule has 1 atom stereocenters. The minimum Gasteiger partial charge on any atom is -0.399 e. The third-order valence-electron chi connectivity index (χ3n) is 3.18. The molecule has 1 unspecified atom stereocenters. The summed E-state index contributed by atoms with van der Waals surface area (Å²) in [6.45, 7) is 0.428. The molecule has 1 aromatic carbocycles. The highest BCUT2D eigenvalue weighted by Gasteiger charge is 2.20. The van der Waals surface area contributed by atoms with Crippen LogP contribution in [-0.2, 0) is 10.0 Å². The molecule has 0 fully saturated rings. The van der Waals surface area contributed by atoms with Gasteiger partial charge in [-0.05, 0) is 43.4 Å². The number of allylic oxidation sites excluding steroid dienone is 2. The normalized spacial score (nSPS) is 19.5. The minimum absolute atomic E-state index is 0.0421. The lowest BCUT2D eigenvalue weighted by molar-refractivity contribution is 0.468. The van der Waals surface area contributed by atoms with Gasteiger partial charge in [-0.1, -0.05) is 23.8 Å². The molecule has 4 nitrogen and oxygen atoms in total. The predicted molar refractivity (Wildman–Crippen MR) is 77.5 cm³/mol. The van der Waals surface area contributed by atoms with E-state index in [0.717, 1.165) is 19.3 Å². The van der Waals surface area contributed by atoms with Crippen LogP contribution in [0.15, 0.2) is 35.2 Å². The number of nitrogens with one attached hydrogen (secondary N) is 1. The standard InChI is InChI=1S/C13H17ClN2O2S/c14-12-7-6-11(15)8-13(12)19(17,18)16-9-10-4-2-1-3-5-10/h1-2,6-8,10,16H,3-5,9,15H2. The van der Waals surface area contributed by atoms with Crippen LogP contribution >= 0.6 is 11.6 Å². The second-order valence-electron chi connectivity index (χ2n) is 4.69. The van der Waals surface area contributed by atoms with Gasteiger partial charge in [-0.15, -0.1) is 0 Å². The number of sulfonamides is 1. The number of halogens is 1. The smallest absolute Gasteiger partial charge is 0.242 e. The maximum atomic E-state index is 12.2. The number of nitrogens with two attached hydrogens (primary N) is 1. The third kappa shape index (κ3) is 3.72. The lowest BCUT2D eigenvalue weighted by Gasteiger charge is -2.18. The summed E-state index contributed by atoms with van der Waals surface area (Å²) in [5.74, 6) is 0.347. The van der Waals surface area contributed by atoms with Crippen LogP contribution in [0.1, 0.15) is 19.3 Å². The number of rotatable bonds is 4. The summed E-state index contributed by atoms with van der Waals surface area (Å²) < 4.78 is 27.0. The largest absolute Gasteiger partial charge is 0.399 e. The van der Waals surface area contributed by atoms with Gasteiger partial charge in [0.05, 0.1) is 5.02 Å². The van der Waals surface area contributed by atoms with Crippen LogP contribution in [-0.4, -0.2) is 15.0 Å². The van der Waals surface area contributed by atoms with E-state index in [-0.39, 0.29) is 9.92 Å². The summed E-state index contributed by atoms with van der Waals surface area (Å²) in [6.07, 6.45) is 7.14. The van der Waals surface area contributed by atoms with E-state index < -0.39 is 10.0 Å². The molecular formula is C13H17ClN2O2S. The van der Waals surface area contributed by atoms with Crippen LogP contribution in [0, 0.1) is 5.92 Å². The molecule has 1 aromatic rings. The lowest BCUT2D eigenvalue weighted by Crippen LogP contribution is -2.30. The Hall–Kier alpha value is -1.04. The molecule has 0 bridgehead atoms. The van der Waals surface area contributed by atoms with Crippen molar-refractivity contribution in [3.63, 3.8) is 0 Å². The highest BCUT2D eigenvalue weighted by atomic mass is 35.5. The van der Waals surface area contributed by atoms with Crippen molar-refractivity contribution in [2.24, 2.45) is 5.92 Å². The SMILES string of the molecule is Nc1ccc(Cl)c(S(=O)(=O)NCC2CC=CCC2)c1. The fourth-order valence-electron chi connectivity index (χ4n) is 2.07. The van der Waals surface area contributed by atoms with Gasteiger partial charge in [0, 0.05) is 12.2 Å². The van der Waals surface area contributed by atoms with E-state index in [1.54, 1.807) is 6.07 Å². The van der Waals surface area contributed by atoms with Gasteiger partial charge < -0.3 is 5.73 Å². The van der Waals surface area contributed by atoms with Crippen molar-refractivity contribution in [3.05, 3.63) is 35.4 Å². The summed E-state index contributed by atoms with van der Waals surface area (Å²) in [5, 5.41) is 0.185. The van der Waals surface area contributed by atoms with Crippen LogP contribution in [0.5, 0.6) is 0 Å². The Morgan fingerprint density at radius 3 is 2.84 bits per heavy atom. The van der Waals surface area contributed by atoms with Gasteiger partial charge in [-0.3, -0.25) is 0 Å². The van der Waals surface area contributed by atoms with E-state index >= 15 is 0 Å². The maximum absolute atomic E-state index is 12.2. The summed E-state index contributed by atoms with van der Waals surface area (Å²) in [6, 6.07) is 4.45. The van der Waals surface area contributed by atoms with Crippen molar-refractivity contribution in [3.8, 4) is 0 Å². The quantitative estimate of drug-likeness (QED) is 0.663. The molecule has 0 heterocycles. The van der Waals surface area contributed by atoms with Crippen LogP contribution < -0.4 is 10.5 Å². The molecule has 104 valence electrons. The Kier molecular flexibility index (Phi) is 4.50. The molecule has 1 aliphatic rings. The monoisotopic (exact) mass is 300 g/mol. The van der Waals surface area contributed by atoms with Crippen molar-refractivity contribution in [2.75, 3.05) is 12.3 Å². The molecule has 0 radical (unpaired) electrons. The zero-order chi connectivity index (χ0) is 13.9. The van der Waals surface area contributed by atoms with Crippen molar-refractivity contribution < 1.29 is 8.42 Å². The van der Waals surface area contributed by atoms with Crippen LogP contribution in [0.4, 0.5) is 5.69 Å². The fourth-order valence-corrected chi connectivity index (χ4v) is 3.72. The zero-order valence-corrected chi connectivity index (χ0v) is 12.0. The van der Waals surface area contributed by atoms with Crippen molar-refractivity contribution >= 4 is 27.3 Å². The molecule has 0 spiro atoms. The molecule has 0 saturated carbocycles. The van der Waals surface area contributed by atoms with Gasteiger partial charge in [0.1, 0.15) is 4.90 Å². The minimum atomic E-state index is -3.60. The van der Waals surface area contributed by atoms with Gasteiger partial charge in [-0.25, -0.2) is 13.1 Å². The summed E-state index contributed by atoms with van der Waals surface area (Å²) in [5.41, 5.74) is 5.98. The van der Waals surface area contributed by atoms with E-state index in [2.05, 4.69) is 16.9 Å². The number of hydrogen-bond acceptors (Lipinski definition) is 3. The van der Waals surface area contributed by atoms with Crippen molar-refractivity contribution in [1.82, 2.24) is 4.72 Å². The van der Waals surface area contributed by atoms with Gasteiger partial charge in [-0.2, -0.15) is 0 Å². The summed E-state index contributed by atoms with van der Waals surface area (Å²) >= 11 is 5.92. The highest BCUT2D eigenvalue weighted by molar-refractivity contribution is 7.89. The van der Waals surface area contributed by atoms with Gasteiger partial charge in [0.25, 0.3) is 0 Å². The van der Waals surface area contributed by atoms with Crippen LogP contribution in [0.25, 0.3) is 0 Å². The maximum Gasteiger partial charge on any atom is 0.242 e. The molecule has 6 heteroatoms. The van der Waals surface area contributed by atoms with E-state index in [9.17, 15) is 8.42 Å². The molecule has 19 heavy (non-hydrogen) atoms. The average molecular weight is 301 g/mol. The molecule has 1 aliphatic carbocycles. The Morgan fingerprint density at radius 2 is 2.16 bits per heavy atom. The number of hydrogen-bond donors (Lipinski definition) is 2. The first kappa shape index (κ1) is 14.4. The second kappa shape index (κ2) is 5.94. The molecule has 0 saturated heterocycles. The van der Waals surface area contributed by atoms with Crippen LogP contribution in [0.3, 0.4) is 0 Å². The topological polar surface area (TPSA) is 72.2 Å². The molecule has 3 N–H and O–H groups in total. The fraction of sp³-hybridized carbons (Fsp3) is 0.385. The molecular weight excluding hydrogens is 284 g/mol. The Bertz CT molecular complexity index is 584. The molecule has 0 amide bonds. The first-order valence-corrected chi connectivity index (χ1v) is 8.05. The number of benzene rings is 1. The van der Waals surface area contributed by atoms with Gasteiger partial charge in [0.2, 0.25) is 10.0 Å². The Balaban J connectivity index is 2.09. The second-order valence-corrected chi connectivity index (χ2v) is 6.83. The molecule has 0 aromatic heterocycles. The predicted octanol–water partition coefficient (Wildman–Crippen LogP) is 2.56. The zero-order valence-electron chi connectivity index (χ0n) is 10.5. The van der Waals surface area contributed by atoms with E-state index in [0.29, 0.717) is 18.2 Å². The first-order chi connectivity index (χ1) is 8.99. The van der Waals surface area contributed by atoms with Crippen molar-refractivity contribution in [1.29, 1.82) is 0 Å². The number of nitrogen functional groups attached to an aromatic ring is 1. The summed E-state index contributed by atoms with van der Waals surface area (Å²) in [7, 11) is -3.60. The number of anilines is 1. The van der Waals surface area contributed by atoms with Crippen molar-refractivity contribution in [2.45, 2.75) is 24.2 Å². The summed E-state index contributed by atoms with van der Waals surface area (Å²) in [4.78, 5) is 0.0421. The van der Waals surface area contributed by atoms with Crippen LogP contribution in [0.2, 0.25) is 5.02 Å². The van der Waals surface area contributed by atoms with E-state index in [4.69, 9.17) is 17.3 Å². The average Bonchev–Trinajstić information content (AvgIpc) is 2.40.